The number of benzene rings is 2. The molecule has 6 heteroatoms. The van der Waals surface area contributed by atoms with Crippen molar-refractivity contribution in [1.82, 2.24) is 10.7 Å². The van der Waals surface area contributed by atoms with Gasteiger partial charge >= 0.3 is 0 Å². The van der Waals surface area contributed by atoms with Crippen molar-refractivity contribution in [2.24, 2.45) is 11.0 Å². The minimum absolute atomic E-state index is 0.0597. The second kappa shape index (κ2) is 10.9. The largest absolute Gasteiger partial charge is 0.484 e. The summed E-state index contributed by atoms with van der Waals surface area (Å²) in [5.74, 6) is 0.583. The van der Waals surface area contributed by atoms with Gasteiger partial charge in [-0.05, 0) is 48.2 Å². The maximum atomic E-state index is 12.1. The van der Waals surface area contributed by atoms with Gasteiger partial charge in [0.1, 0.15) is 5.75 Å². The average molecular weight is 381 g/mol. The molecule has 28 heavy (non-hydrogen) atoms. The molecule has 0 saturated heterocycles. The van der Waals surface area contributed by atoms with Crippen LogP contribution in [-0.4, -0.2) is 24.6 Å². The molecule has 0 saturated carbocycles. The Balaban J connectivity index is 1.76. The van der Waals surface area contributed by atoms with Gasteiger partial charge in [-0.15, -0.1) is 0 Å². The number of amides is 2. The van der Waals surface area contributed by atoms with Crippen LogP contribution in [0.4, 0.5) is 0 Å². The van der Waals surface area contributed by atoms with E-state index in [1.165, 1.54) is 0 Å². The third-order valence-corrected chi connectivity index (χ3v) is 3.92. The van der Waals surface area contributed by atoms with E-state index in [4.69, 9.17) is 4.74 Å². The lowest BCUT2D eigenvalue weighted by molar-refractivity contribution is -0.124. The summed E-state index contributed by atoms with van der Waals surface area (Å²) in [6.45, 7) is 5.83. The first-order chi connectivity index (χ1) is 13.4. The minimum Gasteiger partial charge on any atom is -0.484 e. The number of hydrogen-bond donors (Lipinski definition) is 2. The molecule has 0 aliphatic rings. The van der Waals surface area contributed by atoms with Crippen LogP contribution in [0.25, 0.3) is 0 Å². The van der Waals surface area contributed by atoms with Crippen LogP contribution >= 0.6 is 0 Å². The molecule has 0 aliphatic carbocycles. The Morgan fingerprint density at radius 3 is 2.32 bits per heavy atom. The highest BCUT2D eigenvalue weighted by atomic mass is 16.5. The van der Waals surface area contributed by atoms with Gasteiger partial charge < -0.3 is 10.1 Å². The van der Waals surface area contributed by atoms with Crippen molar-refractivity contribution >= 4 is 18.0 Å². The van der Waals surface area contributed by atoms with Crippen molar-refractivity contribution in [2.45, 2.75) is 33.2 Å². The molecule has 0 heterocycles. The van der Waals surface area contributed by atoms with E-state index in [0.29, 0.717) is 18.1 Å². The number of hydrogen-bond acceptors (Lipinski definition) is 4. The fourth-order valence-electron chi connectivity index (χ4n) is 2.50. The van der Waals surface area contributed by atoms with Crippen LogP contribution in [0.5, 0.6) is 5.75 Å². The second-order valence-corrected chi connectivity index (χ2v) is 6.95. The monoisotopic (exact) mass is 381 g/mol. The van der Waals surface area contributed by atoms with Crippen molar-refractivity contribution in [1.29, 1.82) is 0 Å². The number of carbonyl (C=O) groups excluding carboxylic acids is 2. The zero-order chi connectivity index (χ0) is 20.4. The topological polar surface area (TPSA) is 79.8 Å². The Bertz CT molecular complexity index is 786. The predicted molar refractivity (Wildman–Crippen MR) is 110 cm³/mol. The molecule has 0 aliphatic heterocycles. The normalized spacial score (nSPS) is 12.0. The fraction of sp³-hybridized carbons (Fsp3) is 0.318. The van der Waals surface area contributed by atoms with Crippen molar-refractivity contribution < 1.29 is 14.3 Å². The lowest BCUT2D eigenvalue weighted by atomic mass is 10.1. The van der Waals surface area contributed by atoms with E-state index in [1.54, 1.807) is 30.5 Å². The van der Waals surface area contributed by atoms with Gasteiger partial charge in [0, 0.05) is 6.42 Å². The molecule has 2 N–H and O–H groups in total. The van der Waals surface area contributed by atoms with E-state index in [0.717, 1.165) is 11.1 Å². The molecule has 148 valence electrons. The van der Waals surface area contributed by atoms with Crippen LogP contribution in [-0.2, 0) is 9.59 Å². The van der Waals surface area contributed by atoms with Gasteiger partial charge in [0.2, 0.25) is 5.91 Å². The van der Waals surface area contributed by atoms with Crippen LogP contribution in [0.3, 0.4) is 0 Å². The summed E-state index contributed by atoms with van der Waals surface area (Å²) in [4.78, 5) is 23.6. The highest BCUT2D eigenvalue weighted by Crippen LogP contribution is 2.13. The summed E-state index contributed by atoms with van der Waals surface area (Å²) < 4.78 is 5.52. The summed E-state index contributed by atoms with van der Waals surface area (Å²) in [6.07, 6.45) is 2.01. The zero-order valence-electron chi connectivity index (χ0n) is 16.5. The van der Waals surface area contributed by atoms with Crippen LogP contribution in [0.1, 0.15) is 44.4 Å². The van der Waals surface area contributed by atoms with Crippen LogP contribution in [0, 0.1) is 5.92 Å². The van der Waals surface area contributed by atoms with E-state index in [2.05, 4.69) is 15.8 Å². The standard InChI is InChI=1S/C22H27N3O3/c1-16(2)13-21(26)25-23-14-18-9-11-20(12-10-18)28-15-22(27)24-17(3)19-7-5-4-6-8-19/h4-12,14,16-17H,13,15H2,1-3H3,(H,24,27)(H,25,26)/b23-14-/t17-/m0/s1. The van der Waals surface area contributed by atoms with E-state index < -0.39 is 0 Å². The third-order valence-electron chi connectivity index (χ3n) is 3.92. The zero-order valence-corrected chi connectivity index (χ0v) is 16.5. The lowest BCUT2D eigenvalue weighted by Crippen LogP contribution is -2.31. The first-order valence-corrected chi connectivity index (χ1v) is 9.33. The van der Waals surface area contributed by atoms with Crippen molar-refractivity contribution in [2.75, 3.05) is 6.61 Å². The second-order valence-electron chi connectivity index (χ2n) is 6.95. The van der Waals surface area contributed by atoms with E-state index in [-0.39, 0.29) is 24.5 Å². The van der Waals surface area contributed by atoms with Gasteiger partial charge in [0.15, 0.2) is 6.61 Å². The lowest BCUT2D eigenvalue weighted by Gasteiger charge is -2.14. The Kier molecular flexibility index (Phi) is 8.21. The smallest absolute Gasteiger partial charge is 0.258 e. The number of rotatable bonds is 9. The SMILES string of the molecule is CC(C)CC(=O)N/N=C\c1ccc(OCC(=O)N[C@@H](C)c2ccccc2)cc1. The minimum atomic E-state index is -0.185. The summed E-state index contributed by atoms with van der Waals surface area (Å²) in [5.41, 5.74) is 4.36. The van der Waals surface area contributed by atoms with Crippen LogP contribution in [0.2, 0.25) is 0 Å². The first-order valence-electron chi connectivity index (χ1n) is 9.33. The maximum absolute atomic E-state index is 12.1. The highest BCUT2D eigenvalue weighted by molar-refractivity contribution is 5.82. The van der Waals surface area contributed by atoms with Crippen LogP contribution < -0.4 is 15.5 Å². The van der Waals surface area contributed by atoms with Crippen molar-refractivity contribution in [3.05, 3.63) is 65.7 Å². The van der Waals surface area contributed by atoms with E-state index >= 15 is 0 Å². The molecule has 0 unspecified atom stereocenters. The number of ether oxygens (including phenoxy) is 1. The molecule has 0 bridgehead atoms. The number of carbonyl (C=O) groups is 2. The van der Waals surface area contributed by atoms with Gasteiger partial charge in [0.25, 0.3) is 5.91 Å². The van der Waals surface area contributed by atoms with Crippen molar-refractivity contribution in [3.63, 3.8) is 0 Å². The average Bonchev–Trinajstić information content (AvgIpc) is 2.67. The Morgan fingerprint density at radius 1 is 1.00 bits per heavy atom. The van der Waals surface area contributed by atoms with Gasteiger partial charge in [-0.25, -0.2) is 5.43 Å². The third kappa shape index (κ3) is 7.61. The first kappa shape index (κ1) is 21.2. The summed E-state index contributed by atoms with van der Waals surface area (Å²) in [5, 5.41) is 6.83. The summed E-state index contributed by atoms with van der Waals surface area (Å²) in [6, 6.07) is 16.8. The predicted octanol–water partition coefficient (Wildman–Crippen LogP) is 3.44. The van der Waals surface area contributed by atoms with Crippen molar-refractivity contribution in [3.8, 4) is 5.75 Å². The number of hydrazone groups is 1. The van der Waals surface area contributed by atoms with Gasteiger partial charge in [-0.3, -0.25) is 9.59 Å². The number of nitrogens with one attached hydrogen (secondary N) is 2. The Morgan fingerprint density at radius 2 is 1.68 bits per heavy atom. The van der Waals surface area contributed by atoms with Gasteiger partial charge in [-0.2, -0.15) is 5.10 Å². The fourth-order valence-corrected chi connectivity index (χ4v) is 2.50. The Hall–Kier alpha value is -3.15. The maximum Gasteiger partial charge on any atom is 0.258 e. The summed E-state index contributed by atoms with van der Waals surface area (Å²) >= 11 is 0. The molecule has 2 amide bonds. The highest BCUT2D eigenvalue weighted by Gasteiger charge is 2.09. The molecule has 0 aromatic heterocycles. The molecule has 0 radical (unpaired) electrons. The molecule has 0 fully saturated rings. The summed E-state index contributed by atoms with van der Waals surface area (Å²) in [7, 11) is 0. The van der Waals surface area contributed by atoms with Gasteiger partial charge in [-0.1, -0.05) is 44.2 Å². The molecule has 0 spiro atoms. The van der Waals surface area contributed by atoms with E-state index in [9.17, 15) is 9.59 Å². The molecule has 1 atom stereocenters. The quantitative estimate of drug-likeness (QED) is 0.516. The van der Waals surface area contributed by atoms with Gasteiger partial charge in [0.05, 0.1) is 12.3 Å². The molecular weight excluding hydrogens is 354 g/mol. The molecule has 2 rings (SSSR count). The molecular formula is C22H27N3O3. The number of nitrogens with zero attached hydrogens (tertiary/aromatic N) is 1. The molecule has 2 aromatic rings. The Labute approximate surface area is 166 Å². The molecule has 2 aromatic carbocycles. The van der Waals surface area contributed by atoms with Crippen LogP contribution in [0.15, 0.2) is 59.7 Å². The molecule has 6 nitrogen and oxygen atoms in total. The van der Waals surface area contributed by atoms with E-state index in [1.807, 2.05) is 51.1 Å².